The third-order valence-electron chi connectivity index (χ3n) is 3.38. The molecule has 3 rings (SSSR count). The molecule has 0 aliphatic carbocycles. The molecule has 0 radical (unpaired) electrons. The van der Waals surface area contributed by atoms with Crippen molar-refractivity contribution in [3.63, 3.8) is 0 Å². The monoisotopic (exact) mass is 387 g/mol. The average Bonchev–Trinajstić information content (AvgIpc) is 3.16. The van der Waals surface area contributed by atoms with E-state index in [2.05, 4.69) is 4.98 Å². The number of carbonyl (C=O) groups is 1. The Bertz CT molecular complexity index is 868. The first kappa shape index (κ1) is 19.3. The zero-order valence-electron chi connectivity index (χ0n) is 13.5. The molecule has 0 spiro atoms. The summed E-state index contributed by atoms with van der Waals surface area (Å²) in [5.41, 5.74) is 0.0542. The Morgan fingerprint density at radius 3 is 2.68 bits per heavy atom. The fraction of sp³-hybridized carbons (Fsp3) is 0.250. The number of thiazole rings is 1. The summed E-state index contributed by atoms with van der Waals surface area (Å²) in [7, 11) is 3.76. The minimum absolute atomic E-state index is 0. The van der Waals surface area contributed by atoms with Gasteiger partial charge in [-0.3, -0.25) is 9.69 Å². The quantitative estimate of drug-likeness (QED) is 0.668. The van der Waals surface area contributed by atoms with Crippen LogP contribution in [0.2, 0.25) is 0 Å². The summed E-state index contributed by atoms with van der Waals surface area (Å²) in [6.07, 6.45) is 1.41. The Balaban J connectivity index is 0.00000225. The fourth-order valence-electron chi connectivity index (χ4n) is 2.18. The molecule has 2 aromatic heterocycles. The van der Waals surface area contributed by atoms with Crippen LogP contribution >= 0.6 is 23.7 Å². The van der Waals surface area contributed by atoms with Gasteiger partial charge in [0.05, 0.1) is 11.0 Å². The van der Waals surface area contributed by atoms with Crippen molar-refractivity contribution in [2.24, 2.45) is 0 Å². The summed E-state index contributed by atoms with van der Waals surface area (Å²) in [5.74, 6) is -1.63. The van der Waals surface area contributed by atoms with Crippen LogP contribution in [-0.2, 0) is 0 Å². The van der Waals surface area contributed by atoms with E-state index >= 15 is 0 Å². The summed E-state index contributed by atoms with van der Waals surface area (Å²) in [5, 5.41) is 0.303. The number of likely N-dealkylation sites (N-methyl/N-ethyl adjacent to an activating group) is 1. The SMILES string of the molecule is CN(C)CCN(C(=O)c1ccco1)c1nc2c(F)cc(F)cc2s1.Cl. The number of carbonyl (C=O) groups excluding carboxylic acids is 1. The van der Waals surface area contributed by atoms with E-state index in [1.54, 1.807) is 12.1 Å². The van der Waals surface area contributed by atoms with Crippen molar-refractivity contribution in [1.29, 1.82) is 0 Å². The minimum Gasteiger partial charge on any atom is -0.459 e. The first-order chi connectivity index (χ1) is 11.5. The predicted molar refractivity (Wildman–Crippen MR) is 95.7 cm³/mol. The van der Waals surface area contributed by atoms with Crippen LogP contribution in [0, 0.1) is 11.6 Å². The maximum Gasteiger partial charge on any atom is 0.295 e. The number of rotatable bonds is 5. The summed E-state index contributed by atoms with van der Waals surface area (Å²) in [6, 6.07) is 5.16. The van der Waals surface area contributed by atoms with E-state index in [1.807, 2.05) is 19.0 Å². The third-order valence-corrected chi connectivity index (χ3v) is 4.41. The molecule has 0 unspecified atom stereocenters. The minimum atomic E-state index is -0.745. The molecule has 0 aliphatic rings. The van der Waals surface area contributed by atoms with Crippen molar-refractivity contribution < 1.29 is 18.0 Å². The fourth-order valence-corrected chi connectivity index (χ4v) is 3.21. The Morgan fingerprint density at radius 2 is 2.04 bits per heavy atom. The van der Waals surface area contributed by atoms with Crippen molar-refractivity contribution in [2.45, 2.75) is 0 Å². The van der Waals surface area contributed by atoms with Crippen LogP contribution in [0.4, 0.5) is 13.9 Å². The summed E-state index contributed by atoms with van der Waals surface area (Å²) in [6.45, 7) is 0.926. The van der Waals surface area contributed by atoms with Crippen LogP contribution in [0.15, 0.2) is 34.9 Å². The van der Waals surface area contributed by atoms with Crippen LogP contribution < -0.4 is 4.90 Å². The molecule has 0 saturated heterocycles. The van der Waals surface area contributed by atoms with E-state index in [1.165, 1.54) is 17.2 Å². The Kier molecular flexibility index (Phi) is 6.10. The van der Waals surface area contributed by atoms with E-state index in [9.17, 15) is 13.6 Å². The lowest BCUT2D eigenvalue weighted by atomic mass is 10.3. The number of amides is 1. The molecule has 1 aromatic carbocycles. The molecule has 0 fully saturated rings. The van der Waals surface area contributed by atoms with Crippen molar-refractivity contribution in [1.82, 2.24) is 9.88 Å². The highest BCUT2D eigenvalue weighted by atomic mass is 35.5. The van der Waals surface area contributed by atoms with Crippen LogP contribution in [0.25, 0.3) is 10.2 Å². The maximum atomic E-state index is 13.9. The first-order valence-electron chi connectivity index (χ1n) is 7.21. The predicted octanol–water partition coefficient (Wildman–Crippen LogP) is 3.80. The Morgan fingerprint density at radius 1 is 1.28 bits per heavy atom. The van der Waals surface area contributed by atoms with Gasteiger partial charge in [-0.1, -0.05) is 11.3 Å². The molecule has 0 N–H and O–H groups in total. The highest BCUT2D eigenvalue weighted by molar-refractivity contribution is 7.22. The van der Waals surface area contributed by atoms with E-state index in [0.29, 0.717) is 22.9 Å². The van der Waals surface area contributed by atoms with Gasteiger partial charge in [0.2, 0.25) is 0 Å². The number of benzene rings is 1. The smallest absolute Gasteiger partial charge is 0.295 e. The van der Waals surface area contributed by atoms with Gasteiger partial charge >= 0.3 is 0 Å². The maximum absolute atomic E-state index is 13.9. The second-order valence-corrected chi connectivity index (χ2v) is 6.48. The molecular formula is C16H16ClF2N3O2S. The molecule has 0 atom stereocenters. The van der Waals surface area contributed by atoms with Crippen LogP contribution in [-0.4, -0.2) is 43.0 Å². The molecule has 0 saturated carbocycles. The molecule has 1 amide bonds. The number of aromatic nitrogens is 1. The molecule has 9 heteroatoms. The van der Waals surface area contributed by atoms with Crippen molar-refractivity contribution in [3.8, 4) is 0 Å². The van der Waals surface area contributed by atoms with Gasteiger partial charge < -0.3 is 9.32 Å². The van der Waals surface area contributed by atoms with Gasteiger partial charge in [-0.05, 0) is 32.3 Å². The number of halogens is 3. The van der Waals surface area contributed by atoms with Gasteiger partial charge in [0.25, 0.3) is 5.91 Å². The van der Waals surface area contributed by atoms with E-state index in [-0.39, 0.29) is 29.6 Å². The van der Waals surface area contributed by atoms with Gasteiger partial charge in [-0.2, -0.15) is 0 Å². The van der Waals surface area contributed by atoms with Gasteiger partial charge in [0.15, 0.2) is 16.7 Å². The second-order valence-electron chi connectivity index (χ2n) is 5.47. The zero-order valence-corrected chi connectivity index (χ0v) is 15.2. The number of hydrogen-bond acceptors (Lipinski definition) is 5. The lowest BCUT2D eigenvalue weighted by Crippen LogP contribution is -2.36. The van der Waals surface area contributed by atoms with Crippen molar-refractivity contribution >= 4 is 45.0 Å². The number of nitrogens with zero attached hydrogens (tertiary/aromatic N) is 3. The highest BCUT2D eigenvalue weighted by Gasteiger charge is 2.24. The van der Waals surface area contributed by atoms with Crippen molar-refractivity contribution in [2.75, 3.05) is 32.1 Å². The van der Waals surface area contributed by atoms with E-state index in [4.69, 9.17) is 4.42 Å². The molecular weight excluding hydrogens is 372 g/mol. The largest absolute Gasteiger partial charge is 0.459 e. The van der Waals surface area contributed by atoms with Crippen LogP contribution in [0.5, 0.6) is 0 Å². The summed E-state index contributed by atoms with van der Waals surface area (Å²) < 4.78 is 32.8. The molecule has 25 heavy (non-hydrogen) atoms. The Hall–Kier alpha value is -2.03. The topological polar surface area (TPSA) is 49.6 Å². The van der Waals surface area contributed by atoms with Gasteiger partial charge in [-0.25, -0.2) is 13.8 Å². The molecule has 2 heterocycles. The van der Waals surface area contributed by atoms with Crippen molar-refractivity contribution in [3.05, 3.63) is 47.9 Å². The molecule has 0 aliphatic heterocycles. The average molecular weight is 388 g/mol. The lowest BCUT2D eigenvalue weighted by Gasteiger charge is -2.20. The number of fused-ring (bicyclic) bond motifs is 1. The number of anilines is 1. The molecule has 0 bridgehead atoms. The Labute approximate surface area is 153 Å². The van der Waals surface area contributed by atoms with Crippen LogP contribution in [0.1, 0.15) is 10.6 Å². The second kappa shape index (κ2) is 7.90. The lowest BCUT2D eigenvalue weighted by molar-refractivity contribution is 0.0958. The third kappa shape index (κ3) is 4.15. The first-order valence-corrected chi connectivity index (χ1v) is 8.03. The molecule has 3 aromatic rings. The van der Waals surface area contributed by atoms with Gasteiger partial charge in [-0.15, -0.1) is 12.4 Å². The molecule has 134 valence electrons. The number of furan rings is 1. The van der Waals surface area contributed by atoms with Gasteiger partial charge in [0, 0.05) is 19.2 Å². The van der Waals surface area contributed by atoms with Gasteiger partial charge in [0.1, 0.15) is 11.3 Å². The molecule has 5 nitrogen and oxygen atoms in total. The summed E-state index contributed by atoms with van der Waals surface area (Å²) in [4.78, 5) is 20.2. The van der Waals surface area contributed by atoms with E-state index < -0.39 is 11.6 Å². The summed E-state index contributed by atoms with van der Waals surface area (Å²) >= 11 is 1.06. The van der Waals surface area contributed by atoms with E-state index in [0.717, 1.165) is 17.4 Å². The standard InChI is InChI=1S/C16H15F2N3O2S.ClH/c1-20(2)5-6-21(15(22)12-4-3-7-23-12)16-19-14-11(18)8-10(17)9-13(14)24-16;/h3-4,7-9H,5-6H2,1-2H3;1H. The highest BCUT2D eigenvalue weighted by Crippen LogP contribution is 2.31. The zero-order chi connectivity index (χ0) is 17.3. The number of hydrogen-bond donors (Lipinski definition) is 0. The normalized spacial score (nSPS) is 10.9. The van der Waals surface area contributed by atoms with Crippen LogP contribution in [0.3, 0.4) is 0 Å².